The summed E-state index contributed by atoms with van der Waals surface area (Å²) < 4.78 is 39.8. The Morgan fingerprint density at radius 1 is 1.00 bits per heavy atom. The van der Waals surface area contributed by atoms with Crippen molar-refractivity contribution < 1.29 is 18.3 Å². The van der Waals surface area contributed by atoms with Crippen LogP contribution in [0.25, 0.3) is 0 Å². The number of hydrogen-bond donors (Lipinski definition) is 0. The second-order valence-electron chi connectivity index (χ2n) is 7.93. The van der Waals surface area contributed by atoms with E-state index in [1.807, 2.05) is 0 Å². The minimum Gasteiger partial charge on any atom is -0.491 e. The highest BCUT2D eigenvalue weighted by molar-refractivity contribution is 5.33. The van der Waals surface area contributed by atoms with Gasteiger partial charge in [-0.25, -0.2) is 4.39 Å². The fourth-order valence-corrected chi connectivity index (χ4v) is 4.77. The molecule has 1 heterocycles. The van der Waals surface area contributed by atoms with Crippen molar-refractivity contribution in [3.63, 3.8) is 0 Å². The van der Waals surface area contributed by atoms with E-state index in [1.165, 1.54) is 38.5 Å². The van der Waals surface area contributed by atoms with Gasteiger partial charge in [-0.3, -0.25) is 0 Å². The van der Waals surface area contributed by atoms with Gasteiger partial charge < -0.3 is 9.47 Å². The number of halogens is 2. The molecule has 2 atom stereocenters. The summed E-state index contributed by atoms with van der Waals surface area (Å²) in [6.07, 6.45) is 9.89. The molecule has 146 valence electrons. The van der Waals surface area contributed by atoms with Crippen LogP contribution < -0.4 is 4.74 Å². The van der Waals surface area contributed by atoms with Crippen LogP contribution >= 0.6 is 0 Å². The van der Waals surface area contributed by atoms with Crippen LogP contribution in [0, 0.1) is 23.5 Å². The predicted octanol–water partition coefficient (Wildman–Crippen LogP) is 6.23. The Bertz CT molecular complexity index is 574. The molecule has 0 bridgehead atoms. The van der Waals surface area contributed by atoms with Gasteiger partial charge in [0.15, 0.2) is 11.6 Å². The van der Waals surface area contributed by atoms with Crippen molar-refractivity contribution in [3.8, 4) is 5.75 Å². The van der Waals surface area contributed by atoms with Gasteiger partial charge >= 0.3 is 0 Å². The summed E-state index contributed by atoms with van der Waals surface area (Å²) in [6.45, 7) is 4.84. The molecule has 2 aliphatic rings. The molecule has 1 saturated heterocycles. The van der Waals surface area contributed by atoms with Crippen LogP contribution in [0.2, 0.25) is 0 Å². The second-order valence-corrected chi connectivity index (χ2v) is 7.93. The van der Waals surface area contributed by atoms with Crippen molar-refractivity contribution in [3.05, 3.63) is 29.3 Å². The highest BCUT2D eigenvalue weighted by Crippen LogP contribution is 2.40. The Kier molecular flexibility index (Phi) is 6.91. The monoisotopic (exact) mass is 366 g/mol. The molecule has 1 aliphatic carbocycles. The van der Waals surface area contributed by atoms with Crippen molar-refractivity contribution in [1.82, 2.24) is 0 Å². The zero-order valence-electron chi connectivity index (χ0n) is 16.1. The van der Waals surface area contributed by atoms with Gasteiger partial charge in [-0.15, -0.1) is 0 Å². The minimum atomic E-state index is -0.874. The van der Waals surface area contributed by atoms with Crippen LogP contribution in [0.5, 0.6) is 5.75 Å². The Labute approximate surface area is 156 Å². The molecule has 1 aromatic carbocycles. The Morgan fingerprint density at radius 2 is 1.77 bits per heavy atom. The van der Waals surface area contributed by atoms with Gasteiger partial charge in [0, 0.05) is 5.92 Å². The van der Waals surface area contributed by atoms with E-state index in [0.717, 1.165) is 18.8 Å². The van der Waals surface area contributed by atoms with Gasteiger partial charge in [-0.1, -0.05) is 38.7 Å². The second kappa shape index (κ2) is 9.16. The summed E-state index contributed by atoms with van der Waals surface area (Å²) >= 11 is 0. The molecule has 0 radical (unpaired) electrons. The van der Waals surface area contributed by atoms with E-state index in [-0.39, 0.29) is 11.7 Å². The molecule has 1 aliphatic heterocycles. The van der Waals surface area contributed by atoms with E-state index in [2.05, 4.69) is 6.92 Å². The smallest absolute Gasteiger partial charge is 0.200 e. The molecule has 4 heteroatoms. The average Bonchev–Trinajstić information content (AvgIpc) is 2.67. The summed E-state index contributed by atoms with van der Waals surface area (Å²) in [5.41, 5.74) is 0.427. The molecule has 0 spiro atoms. The van der Waals surface area contributed by atoms with Crippen molar-refractivity contribution in [2.24, 2.45) is 11.8 Å². The van der Waals surface area contributed by atoms with E-state index < -0.39 is 11.6 Å². The lowest BCUT2D eigenvalue weighted by atomic mass is 9.75. The molecule has 0 N–H and O–H groups in total. The SMILES string of the molecule is CCCC1CCC([C@@H]2CC[C@@H](c3ccc(OCC)c(F)c3F)CO2)CC1. The summed E-state index contributed by atoms with van der Waals surface area (Å²) in [4.78, 5) is 0. The average molecular weight is 366 g/mol. The van der Waals surface area contributed by atoms with Gasteiger partial charge in [-0.05, 0) is 56.1 Å². The highest BCUT2D eigenvalue weighted by Gasteiger charge is 2.33. The fraction of sp³-hybridized carbons (Fsp3) is 0.727. The largest absolute Gasteiger partial charge is 0.491 e. The molecule has 3 rings (SSSR count). The maximum Gasteiger partial charge on any atom is 0.200 e. The van der Waals surface area contributed by atoms with Gasteiger partial charge in [-0.2, -0.15) is 4.39 Å². The Morgan fingerprint density at radius 3 is 2.38 bits per heavy atom. The number of ether oxygens (including phenoxy) is 2. The van der Waals surface area contributed by atoms with Crippen LogP contribution in [-0.4, -0.2) is 19.3 Å². The highest BCUT2D eigenvalue weighted by atomic mass is 19.2. The fourth-order valence-electron chi connectivity index (χ4n) is 4.77. The van der Waals surface area contributed by atoms with Gasteiger partial charge in [0.2, 0.25) is 5.82 Å². The van der Waals surface area contributed by atoms with E-state index >= 15 is 0 Å². The maximum absolute atomic E-state index is 14.4. The molecule has 1 aromatic rings. The zero-order chi connectivity index (χ0) is 18.5. The van der Waals surface area contributed by atoms with Crippen molar-refractivity contribution >= 4 is 0 Å². The summed E-state index contributed by atoms with van der Waals surface area (Å²) in [5, 5.41) is 0. The quantitative estimate of drug-likeness (QED) is 0.594. The summed E-state index contributed by atoms with van der Waals surface area (Å²) in [7, 11) is 0. The van der Waals surface area contributed by atoms with E-state index in [4.69, 9.17) is 9.47 Å². The lowest BCUT2D eigenvalue weighted by Gasteiger charge is -2.38. The topological polar surface area (TPSA) is 18.5 Å². The van der Waals surface area contributed by atoms with Crippen LogP contribution in [0.15, 0.2) is 12.1 Å². The van der Waals surface area contributed by atoms with Crippen molar-refractivity contribution in [1.29, 1.82) is 0 Å². The first kappa shape index (κ1) is 19.6. The van der Waals surface area contributed by atoms with Gasteiger partial charge in [0.1, 0.15) is 0 Å². The molecule has 1 saturated carbocycles. The third kappa shape index (κ3) is 4.39. The first-order chi connectivity index (χ1) is 12.6. The molecule has 26 heavy (non-hydrogen) atoms. The molecule has 0 aromatic heterocycles. The molecular formula is C22H32F2O2. The molecule has 0 unspecified atom stereocenters. The van der Waals surface area contributed by atoms with E-state index in [9.17, 15) is 8.78 Å². The summed E-state index contributed by atoms with van der Waals surface area (Å²) in [6, 6.07) is 3.20. The van der Waals surface area contributed by atoms with Gasteiger partial charge in [0.05, 0.1) is 19.3 Å². The van der Waals surface area contributed by atoms with Crippen LogP contribution in [0.3, 0.4) is 0 Å². The van der Waals surface area contributed by atoms with E-state index in [1.54, 1.807) is 19.1 Å². The minimum absolute atomic E-state index is 0.00723. The van der Waals surface area contributed by atoms with Crippen LogP contribution in [0.4, 0.5) is 8.78 Å². The Hall–Kier alpha value is -1.16. The maximum atomic E-state index is 14.4. The number of hydrogen-bond acceptors (Lipinski definition) is 2. The first-order valence-electron chi connectivity index (χ1n) is 10.4. The third-order valence-corrected chi connectivity index (χ3v) is 6.24. The third-order valence-electron chi connectivity index (χ3n) is 6.24. The van der Waals surface area contributed by atoms with E-state index in [0.29, 0.717) is 30.8 Å². The standard InChI is InChI=1S/C22H32F2O2/c1-3-5-15-6-8-16(9-7-15)19-12-10-17(14-26-19)18-11-13-20(25-4-2)22(24)21(18)23/h11,13,15-17,19H,3-10,12,14H2,1-2H3/t15?,16?,17-,19+/m1/s1. The number of rotatable bonds is 6. The van der Waals surface area contributed by atoms with Crippen molar-refractivity contribution in [2.45, 2.75) is 77.2 Å². The zero-order valence-corrected chi connectivity index (χ0v) is 16.1. The molecular weight excluding hydrogens is 334 g/mol. The van der Waals surface area contributed by atoms with Gasteiger partial charge in [0.25, 0.3) is 0 Å². The summed E-state index contributed by atoms with van der Waals surface area (Å²) in [5.74, 6) is -0.177. The predicted molar refractivity (Wildman–Crippen MR) is 99.6 cm³/mol. The molecule has 2 fully saturated rings. The Balaban J connectivity index is 1.55. The number of benzene rings is 1. The lowest BCUT2D eigenvalue weighted by Crippen LogP contribution is -2.33. The molecule has 2 nitrogen and oxygen atoms in total. The van der Waals surface area contributed by atoms with Crippen molar-refractivity contribution in [2.75, 3.05) is 13.2 Å². The van der Waals surface area contributed by atoms with Crippen LogP contribution in [0.1, 0.15) is 76.7 Å². The lowest BCUT2D eigenvalue weighted by molar-refractivity contribution is -0.0440. The normalized spacial score (nSPS) is 29.5. The van der Waals surface area contributed by atoms with Crippen LogP contribution in [-0.2, 0) is 4.74 Å². The first-order valence-corrected chi connectivity index (χ1v) is 10.4. The molecule has 0 amide bonds.